The van der Waals surface area contributed by atoms with Gasteiger partial charge in [0.05, 0.1) is 0 Å². The van der Waals surface area contributed by atoms with Gasteiger partial charge in [0.1, 0.15) is 0 Å². The second-order valence-corrected chi connectivity index (χ2v) is 6.61. The van der Waals surface area contributed by atoms with E-state index in [1.165, 1.54) is 38.5 Å². The van der Waals surface area contributed by atoms with Gasteiger partial charge in [0, 0.05) is 24.6 Å². The lowest BCUT2D eigenvalue weighted by Gasteiger charge is -2.40. The molecule has 0 spiro atoms. The molecule has 17 heavy (non-hydrogen) atoms. The Morgan fingerprint density at radius 2 is 1.71 bits per heavy atom. The van der Waals surface area contributed by atoms with Crippen LogP contribution in [0.1, 0.15) is 59.3 Å². The summed E-state index contributed by atoms with van der Waals surface area (Å²) in [4.78, 5) is 2.46. The Labute approximate surface area is 107 Å². The number of hydrogen-bond acceptors (Lipinski definition) is 2. The quantitative estimate of drug-likeness (QED) is 0.771. The zero-order valence-electron chi connectivity index (χ0n) is 12.2. The SMILES string of the molecule is CC(C)CC(C)N(C)CC1(CO)CCCCC1. The van der Waals surface area contributed by atoms with E-state index < -0.39 is 0 Å². The number of nitrogens with zero attached hydrogens (tertiary/aromatic N) is 1. The number of rotatable bonds is 6. The van der Waals surface area contributed by atoms with Gasteiger partial charge in [0.25, 0.3) is 0 Å². The third-order valence-corrected chi connectivity index (χ3v) is 4.40. The Balaban J connectivity index is 2.49. The monoisotopic (exact) mass is 241 g/mol. The first-order chi connectivity index (χ1) is 7.99. The van der Waals surface area contributed by atoms with Crippen LogP contribution in [-0.4, -0.2) is 36.2 Å². The average Bonchev–Trinajstić information content (AvgIpc) is 2.29. The Morgan fingerprint density at radius 1 is 1.12 bits per heavy atom. The van der Waals surface area contributed by atoms with Gasteiger partial charge in [-0.05, 0) is 39.2 Å². The van der Waals surface area contributed by atoms with Gasteiger partial charge in [-0.25, -0.2) is 0 Å². The summed E-state index contributed by atoms with van der Waals surface area (Å²) >= 11 is 0. The molecule has 1 atom stereocenters. The molecule has 1 aliphatic rings. The minimum absolute atomic E-state index is 0.193. The first kappa shape index (κ1) is 15.0. The molecule has 0 aliphatic heterocycles. The fourth-order valence-corrected chi connectivity index (χ4v) is 3.22. The standard InChI is InChI=1S/C15H31NO/c1-13(2)10-14(3)16(4)11-15(12-17)8-6-5-7-9-15/h13-14,17H,5-12H2,1-4H3. The Bertz CT molecular complexity index is 209. The fourth-order valence-electron chi connectivity index (χ4n) is 3.22. The molecule has 0 aromatic carbocycles. The first-order valence-electron chi connectivity index (χ1n) is 7.30. The van der Waals surface area contributed by atoms with Crippen molar-refractivity contribution in [1.29, 1.82) is 0 Å². The van der Waals surface area contributed by atoms with E-state index in [1.807, 2.05) is 0 Å². The third kappa shape index (κ3) is 4.59. The Hall–Kier alpha value is -0.0800. The van der Waals surface area contributed by atoms with E-state index >= 15 is 0 Å². The zero-order chi connectivity index (χ0) is 12.9. The number of hydrogen-bond donors (Lipinski definition) is 1. The second-order valence-electron chi connectivity index (χ2n) is 6.61. The fraction of sp³-hybridized carbons (Fsp3) is 1.00. The van der Waals surface area contributed by atoms with Crippen molar-refractivity contribution in [2.24, 2.45) is 11.3 Å². The number of aliphatic hydroxyl groups is 1. The molecule has 0 aromatic heterocycles. The highest BCUT2D eigenvalue weighted by atomic mass is 16.3. The lowest BCUT2D eigenvalue weighted by Crippen LogP contribution is -2.43. The molecule has 102 valence electrons. The molecule has 1 fully saturated rings. The lowest BCUT2D eigenvalue weighted by molar-refractivity contribution is 0.0350. The van der Waals surface area contributed by atoms with Crippen molar-refractivity contribution in [2.75, 3.05) is 20.2 Å². The van der Waals surface area contributed by atoms with Gasteiger partial charge < -0.3 is 10.0 Å². The highest BCUT2D eigenvalue weighted by Crippen LogP contribution is 2.36. The van der Waals surface area contributed by atoms with E-state index in [9.17, 15) is 5.11 Å². The minimum Gasteiger partial charge on any atom is -0.396 e. The molecule has 2 nitrogen and oxygen atoms in total. The van der Waals surface area contributed by atoms with E-state index in [4.69, 9.17) is 0 Å². The molecule has 0 amide bonds. The van der Waals surface area contributed by atoms with Crippen molar-refractivity contribution in [3.63, 3.8) is 0 Å². The molecule has 0 radical (unpaired) electrons. The summed E-state index contributed by atoms with van der Waals surface area (Å²) in [5.74, 6) is 0.754. The van der Waals surface area contributed by atoms with Gasteiger partial charge >= 0.3 is 0 Å². The second kappa shape index (κ2) is 6.75. The topological polar surface area (TPSA) is 23.5 Å². The summed E-state index contributed by atoms with van der Waals surface area (Å²) in [7, 11) is 2.22. The van der Waals surface area contributed by atoms with Gasteiger partial charge in [-0.3, -0.25) is 0 Å². The van der Waals surface area contributed by atoms with Crippen LogP contribution in [0.4, 0.5) is 0 Å². The Morgan fingerprint density at radius 3 is 2.18 bits per heavy atom. The minimum atomic E-state index is 0.193. The molecule has 2 heteroatoms. The molecule has 1 aliphatic carbocycles. The molecule has 0 bridgehead atoms. The molecule has 0 aromatic rings. The summed E-state index contributed by atoms with van der Waals surface area (Å²) in [6.07, 6.45) is 7.62. The largest absolute Gasteiger partial charge is 0.396 e. The summed E-state index contributed by atoms with van der Waals surface area (Å²) in [6.45, 7) is 8.32. The maximum absolute atomic E-state index is 9.73. The molecule has 1 saturated carbocycles. The predicted molar refractivity (Wildman–Crippen MR) is 74.2 cm³/mol. The summed E-state index contributed by atoms with van der Waals surface area (Å²) < 4.78 is 0. The summed E-state index contributed by atoms with van der Waals surface area (Å²) in [5.41, 5.74) is 0.193. The normalized spacial score (nSPS) is 22.1. The first-order valence-corrected chi connectivity index (χ1v) is 7.30. The van der Waals surface area contributed by atoms with Crippen LogP contribution >= 0.6 is 0 Å². The van der Waals surface area contributed by atoms with Gasteiger partial charge in [0.15, 0.2) is 0 Å². The maximum Gasteiger partial charge on any atom is 0.0499 e. The van der Waals surface area contributed by atoms with Crippen LogP contribution in [0.25, 0.3) is 0 Å². The average molecular weight is 241 g/mol. The number of aliphatic hydroxyl groups excluding tert-OH is 1. The van der Waals surface area contributed by atoms with Crippen molar-refractivity contribution in [3.05, 3.63) is 0 Å². The molecule has 0 saturated heterocycles. The van der Waals surface area contributed by atoms with Gasteiger partial charge in [0.2, 0.25) is 0 Å². The van der Waals surface area contributed by atoms with E-state index in [2.05, 4.69) is 32.7 Å². The van der Waals surface area contributed by atoms with E-state index in [-0.39, 0.29) is 5.41 Å². The zero-order valence-corrected chi connectivity index (χ0v) is 12.2. The molecule has 1 unspecified atom stereocenters. The molecular formula is C15H31NO. The summed E-state index contributed by atoms with van der Waals surface area (Å²) in [6, 6.07) is 0.625. The maximum atomic E-state index is 9.73. The lowest BCUT2D eigenvalue weighted by atomic mass is 9.74. The highest BCUT2D eigenvalue weighted by molar-refractivity contribution is 4.86. The predicted octanol–water partition coefficient (Wildman–Crippen LogP) is 3.30. The summed E-state index contributed by atoms with van der Waals surface area (Å²) in [5, 5.41) is 9.73. The third-order valence-electron chi connectivity index (χ3n) is 4.40. The van der Waals surface area contributed by atoms with E-state index in [0.29, 0.717) is 12.6 Å². The van der Waals surface area contributed by atoms with Crippen LogP contribution in [0.15, 0.2) is 0 Å². The van der Waals surface area contributed by atoms with Crippen molar-refractivity contribution < 1.29 is 5.11 Å². The highest BCUT2D eigenvalue weighted by Gasteiger charge is 2.33. The van der Waals surface area contributed by atoms with Crippen LogP contribution in [0.3, 0.4) is 0 Å². The van der Waals surface area contributed by atoms with E-state index in [1.54, 1.807) is 0 Å². The van der Waals surface area contributed by atoms with Gasteiger partial charge in [-0.15, -0.1) is 0 Å². The molecular weight excluding hydrogens is 210 g/mol. The van der Waals surface area contributed by atoms with Crippen LogP contribution in [0.5, 0.6) is 0 Å². The Kier molecular flexibility index (Phi) is 5.94. The van der Waals surface area contributed by atoms with Crippen LogP contribution < -0.4 is 0 Å². The molecule has 0 heterocycles. The molecule has 1 N–H and O–H groups in total. The van der Waals surface area contributed by atoms with Crippen molar-refractivity contribution in [3.8, 4) is 0 Å². The van der Waals surface area contributed by atoms with Gasteiger partial charge in [-0.2, -0.15) is 0 Å². The molecule has 1 rings (SSSR count). The smallest absolute Gasteiger partial charge is 0.0499 e. The van der Waals surface area contributed by atoms with Gasteiger partial charge in [-0.1, -0.05) is 33.1 Å². The van der Waals surface area contributed by atoms with Crippen LogP contribution in [-0.2, 0) is 0 Å². The van der Waals surface area contributed by atoms with Crippen LogP contribution in [0, 0.1) is 11.3 Å². The van der Waals surface area contributed by atoms with Crippen LogP contribution in [0.2, 0.25) is 0 Å². The van der Waals surface area contributed by atoms with Crippen molar-refractivity contribution in [2.45, 2.75) is 65.3 Å². The van der Waals surface area contributed by atoms with E-state index in [0.717, 1.165) is 12.5 Å². The van der Waals surface area contributed by atoms with Crippen molar-refractivity contribution >= 4 is 0 Å². The van der Waals surface area contributed by atoms with Crippen molar-refractivity contribution in [1.82, 2.24) is 4.90 Å².